The van der Waals surface area contributed by atoms with Gasteiger partial charge in [0, 0.05) is 0 Å². The topological polar surface area (TPSA) is 109 Å². The van der Waals surface area contributed by atoms with Crippen LogP contribution in [-0.2, 0) is 20.0 Å². The second-order valence-corrected chi connectivity index (χ2v) is 5.57. The van der Waals surface area contributed by atoms with Crippen molar-refractivity contribution in [1.29, 1.82) is 0 Å². The van der Waals surface area contributed by atoms with Gasteiger partial charge in [-0.2, -0.15) is 0 Å². The summed E-state index contributed by atoms with van der Waals surface area (Å²) in [6.45, 7) is 0. The third-order valence-corrected chi connectivity index (χ3v) is 1.67. The van der Waals surface area contributed by atoms with Gasteiger partial charge in [0.15, 0.2) is 0 Å². The van der Waals surface area contributed by atoms with Gasteiger partial charge in [0.05, 0.1) is 12.5 Å². The molecule has 72 valence electrons. The SMILES string of the molecule is CS(=O)(=O)NC(=O)NS(C)(=O)=O. The number of amides is 2. The first-order valence-electron chi connectivity index (χ1n) is 2.60. The number of carbonyl (C=O) groups is 1. The van der Waals surface area contributed by atoms with E-state index in [0.717, 1.165) is 12.5 Å². The normalized spacial score (nSPS) is 12.2. The molecule has 0 atom stereocenters. The van der Waals surface area contributed by atoms with E-state index < -0.39 is 26.1 Å². The van der Waals surface area contributed by atoms with Crippen molar-refractivity contribution in [2.75, 3.05) is 12.5 Å². The molecule has 2 amide bonds. The molecule has 0 fully saturated rings. The number of hydrogen-bond donors (Lipinski definition) is 2. The molecule has 0 heterocycles. The summed E-state index contributed by atoms with van der Waals surface area (Å²) in [6.07, 6.45) is 1.46. The molecule has 0 aromatic carbocycles. The fraction of sp³-hybridized carbons (Fsp3) is 0.667. The minimum atomic E-state index is -3.72. The number of rotatable bonds is 2. The number of sulfonamides is 2. The van der Waals surface area contributed by atoms with E-state index in [0.29, 0.717) is 0 Å². The molecule has 0 saturated heterocycles. The molecule has 2 N–H and O–H groups in total. The molecule has 0 aliphatic rings. The van der Waals surface area contributed by atoms with Crippen molar-refractivity contribution < 1.29 is 21.6 Å². The molecule has 0 unspecified atom stereocenters. The van der Waals surface area contributed by atoms with Gasteiger partial charge in [-0.3, -0.25) is 0 Å². The van der Waals surface area contributed by atoms with Crippen molar-refractivity contribution in [3.05, 3.63) is 0 Å². The Morgan fingerprint density at radius 2 is 1.17 bits per heavy atom. The maximum Gasteiger partial charge on any atom is 0.342 e. The van der Waals surface area contributed by atoms with Gasteiger partial charge in [-0.15, -0.1) is 0 Å². The molecular weight excluding hydrogens is 208 g/mol. The highest BCUT2D eigenvalue weighted by molar-refractivity contribution is 7.90. The van der Waals surface area contributed by atoms with E-state index in [-0.39, 0.29) is 0 Å². The van der Waals surface area contributed by atoms with Crippen LogP contribution in [0.1, 0.15) is 0 Å². The van der Waals surface area contributed by atoms with Crippen LogP contribution in [0.3, 0.4) is 0 Å². The number of carbonyl (C=O) groups excluding carboxylic acids is 1. The van der Waals surface area contributed by atoms with Crippen LogP contribution in [0.4, 0.5) is 4.79 Å². The van der Waals surface area contributed by atoms with E-state index >= 15 is 0 Å². The Hall–Kier alpha value is -0.830. The first-order chi connectivity index (χ1) is 5.10. The maximum atomic E-state index is 10.5. The summed E-state index contributed by atoms with van der Waals surface area (Å²) in [6, 6.07) is -1.29. The molecule has 9 heteroatoms. The van der Waals surface area contributed by atoms with E-state index in [1.807, 2.05) is 0 Å². The average molecular weight is 216 g/mol. The Balaban J connectivity index is 4.30. The average Bonchev–Trinajstić information content (AvgIpc) is 1.49. The zero-order chi connectivity index (χ0) is 9.99. The smallest absolute Gasteiger partial charge is 0.247 e. The predicted octanol–water partition coefficient (Wildman–Crippen LogP) is -1.80. The minimum Gasteiger partial charge on any atom is -0.247 e. The van der Waals surface area contributed by atoms with Crippen molar-refractivity contribution in [2.45, 2.75) is 0 Å². The first kappa shape index (κ1) is 11.2. The molecule has 0 aliphatic carbocycles. The summed E-state index contributed by atoms with van der Waals surface area (Å²) in [5.41, 5.74) is 0. The number of nitrogens with one attached hydrogen (secondary N) is 2. The highest BCUT2D eigenvalue weighted by Crippen LogP contribution is 1.77. The summed E-state index contributed by atoms with van der Waals surface area (Å²) < 4.78 is 44.3. The molecule has 0 rings (SSSR count). The van der Waals surface area contributed by atoms with Crippen LogP contribution in [0, 0.1) is 0 Å². The second kappa shape index (κ2) is 3.27. The summed E-state index contributed by atoms with van der Waals surface area (Å²) in [5.74, 6) is 0. The quantitative estimate of drug-likeness (QED) is 0.566. The Labute approximate surface area is 70.3 Å². The van der Waals surface area contributed by atoms with Crippen molar-refractivity contribution in [3.63, 3.8) is 0 Å². The van der Waals surface area contributed by atoms with Crippen molar-refractivity contribution in [3.8, 4) is 0 Å². The summed E-state index contributed by atoms with van der Waals surface area (Å²) in [4.78, 5) is 10.5. The fourth-order valence-electron chi connectivity index (χ4n) is 0.358. The largest absolute Gasteiger partial charge is 0.342 e. The van der Waals surface area contributed by atoms with Gasteiger partial charge >= 0.3 is 6.03 Å². The Bertz CT molecular complexity index is 329. The standard InChI is InChI=1S/C3H8N2O5S2/c1-11(7,8)4-3(6)5-12(2,9)10/h1-2H3,(H2,4,5,6). The van der Waals surface area contributed by atoms with E-state index in [4.69, 9.17) is 0 Å². The summed E-state index contributed by atoms with van der Waals surface area (Å²) >= 11 is 0. The fourth-order valence-corrected chi connectivity index (χ4v) is 1.20. The monoisotopic (exact) mass is 216 g/mol. The predicted molar refractivity (Wildman–Crippen MR) is 41.4 cm³/mol. The lowest BCUT2D eigenvalue weighted by Crippen LogP contribution is -2.41. The van der Waals surface area contributed by atoms with Crippen molar-refractivity contribution in [2.24, 2.45) is 0 Å². The minimum absolute atomic E-state index is 0.731. The zero-order valence-electron chi connectivity index (χ0n) is 6.36. The van der Waals surface area contributed by atoms with Crippen LogP contribution in [0.25, 0.3) is 0 Å². The summed E-state index contributed by atoms with van der Waals surface area (Å²) in [7, 11) is -7.44. The van der Waals surface area contributed by atoms with Gasteiger partial charge in [0.1, 0.15) is 0 Å². The maximum absolute atomic E-state index is 10.5. The summed E-state index contributed by atoms with van der Waals surface area (Å²) in [5, 5.41) is 0. The molecule has 7 nitrogen and oxygen atoms in total. The van der Waals surface area contributed by atoms with Gasteiger partial charge in [0.25, 0.3) is 0 Å². The lowest BCUT2D eigenvalue weighted by atomic mass is 11.2. The molecule has 0 aromatic heterocycles. The van der Waals surface area contributed by atoms with Crippen LogP contribution in [0.5, 0.6) is 0 Å². The zero-order valence-corrected chi connectivity index (χ0v) is 7.99. The first-order valence-corrected chi connectivity index (χ1v) is 6.38. The van der Waals surface area contributed by atoms with Gasteiger partial charge in [-0.05, 0) is 0 Å². The van der Waals surface area contributed by atoms with Crippen molar-refractivity contribution in [1.82, 2.24) is 9.44 Å². The van der Waals surface area contributed by atoms with Crippen molar-refractivity contribution >= 4 is 26.1 Å². The Kier molecular flexibility index (Phi) is 3.04. The number of urea groups is 1. The lowest BCUT2D eigenvalue weighted by molar-refractivity contribution is 0.250. The molecule has 0 bridgehead atoms. The third kappa shape index (κ3) is 7.28. The van der Waals surface area contributed by atoms with Crippen LogP contribution in [-0.4, -0.2) is 35.4 Å². The van der Waals surface area contributed by atoms with Gasteiger partial charge in [-0.1, -0.05) is 0 Å². The molecule has 0 spiro atoms. The molecule has 0 radical (unpaired) electrons. The van der Waals surface area contributed by atoms with Crippen LogP contribution < -0.4 is 9.44 Å². The Morgan fingerprint density at radius 3 is 1.33 bits per heavy atom. The van der Waals surface area contributed by atoms with E-state index in [2.05, 4.69) is 0 Å². The van der Waals surface area contributed by atoms with Crippen LogP contribution in [0.2, 0.25) is 0 Å². The van der Waals surface area contributed by atoms with Gasteiger partial charge in [0.2, 0.25) is 20.0 Å². The second-order valence-electron chi connectivity index (χ2n) is 2.08. The molecule has 0 aliphatic heterocycles. The highest BCUT2D eigenvalue weighted by Gasteiger charge is 2.11. The highest BCUT2D eigenvalue weighted by atomic mass is 32.2. The molecular formula is C3H8N2O5S2. The third-order valence-electron chi connectivity index (χ3n) is 0.556. The van der Waals surface area contributed by atoms with Crippen LogP contribution in [0.15, 0.2) is 0 Å². The van der Waals surface area contributed by atoms with Gasteiger partial charge < -0.3 is 0 Å². The van der Waals surface area contributed by atoms with Gasteiger partial charge in [-0.25, -0.2) is 31.1 Å². The molecule has 0 aromatic rings. The van der Waals surface area contributed by atoms with E-state index in [1.165, 1.54) is 9.44 Å². The number of hydrogen-bond acceptors (Lipinski definition) is 5. The lowest BCUT2D eigenvalue weighted by Gasteiger charge is -2.02. The molecule has 12 heavy (non-hydrogen) atoms. The van der Waals surface area contributed by atoms with E-state index in [9.17, 15) is 21.6 Å². The Morgan fingerprint density at radius 1 is 0.917 bits per heavy atom. The van der Waals surface area contributed by atoms with Crippen LogP contribution >= 0.6 is 0 Å². The molecule has 0 saturated carbocycles. The van der Waals surface area contributed by atoms with E-state index in [1.54, 1.807) is 0 Å².